The third kappa shape index (κ3) is 9.08. The lowest BCUT2D eigenvalue weighted by Gasteiger charge is -2.25. The normalized spacial score (nSPS) is 13.1. The number of nitrogens with one attached hydrogen (secondary N) is 2. The van der Waals surface area contributed by atoms with Crippen molar-refractivity contribution < 1.29 is 24.2 Å². The van der Waals surface area contributed by atoms with Crippen LogP contribution in [0.25, 0.3) is 0 Å². The van der Waals surface area contributed by atoms with Gasteiger partial charge in [0, 0.05) is 0 Å². The first-order valence-electron chi connectivity index (χ1n) is 9.17. The molecule has 1 aromatic carbocycles. The van der Waals surface area contributed by atoms with Crippen LogP contribution in [0, 0.1) is 11.8 Å². The van der Waals surface area contributed by atoms with Crippen molar-refractivity contribution in [2.45, 2.75) is 59.2 Å². The lowest BCUT2D eigenvalue weighted by Crippen LogP contribution is -2.55. The highest BCUT2D eigenvalue weighted by Crippen LogP contribution is 2.09. The molecule has 1 rings (SSSR count). The lowest BCUT2D eigenvalue weighted by atomic mass is 10.0. The van der Waals surface area contributed by atoms with Gasteiger partial charge in [-0.3, -0.25) is 4.79 Å². The highest BCUT2D eigenvalue weighted by Gasteiger charge is 2.25. The predicted molar refractivity (Wildman–Crippen MR) is 99.4 cm³/mol. The molecule has 27 heavy (non-hydrogen) atoms. The Kier molecular flexibility index (Phi) is 9.33. The molecule has 0 fully saturated rings. The number of benzene rings is 1. The van der Waals surface area contributed by atoms with Gasteiger partial charge in [-0.25, -0.2) is 4.79 Å². The SMILES string of the molecule is CC(C)C[C@H](NC(=O)[C@H](CC(C)C)NC(=O)OCc1ccccc1)C(=O)[O-]. The zero-order chi connectivity index (χ0) is 20.4. The van der Waals surface area contributed by atoms with Crippen LogP contribution in [-0.2, 0) is 20.9 Å². The van der Waals surface area contributed by atoms with E-state index in [1.54, 1.807) is 0 Å². The van der Waals surface area contributed by atoms with Crippen LogP contribution in [0.2, 0.25) is 0 Å². The van der Waals surface area contributed by atoms with Gasteiger partial charge in [-0.15, -0.1) is 0 Å². The minimum Gasteiger partial charge on any atom is -0.548 e. The number of hydrogen-bond acceptors (Lipinski definition) is 5. The quantitative estimate of drug-likeness (QED) is 0.644. The Bertz CT molecular complexity index is 616. The van der Waals surface area contributed by atoms with Crippen molar-refractivity contribution >= 4 is 18.0 Å². The minimum atomic E-state index is -1.34. The van der Waals surface area contributed by atoms with Gasteiger partial charge in [0.25, 0.3) is 0 Å². The second-order valence-electron chi connectivity index (χ2n) is 7.40. The van der Waals surface area contributed by atoms with Crippen molar-refractivity contribution in [2.24, 2.45) is 11.8 Å². The smallest absolute Gasteiger partial charge is 0.408 e. The maximum Gasteiger partial charge on any atom is 0.408 e. The van der Waals surface area contributed by atoms with Crippen LogP contribution < -0.4 is 15.7 Å². The summed E-state index contributed by atoms with van der Waals surface area (Å²) in [5.74, 6) is -1.72. The average Bonchev–Trinajstić information content (AvgIpc) is 2.58. The van der Waals surface area contributed by atoms with Crippen molar-refractivity contribution in [3.63, 3.8) is 0 Å². The molecule has 0 radical (unpaired) electrons. The number of hydrogen-bond donors (Lipinski definition) is 2. The first-order chi connectivity index (χ1) is 12.7. The van der Waals surface area contributed by atoms with Gasteiger partial charge < -0.3 is 25.3 Å². The van der Waals surface area contributed by atoms with E-state index >= 15 is 0 Å². The molecule has 0 saturated heterocycles. The van der Waals surface area contributed by atoms with Gasteiger partial charge in [-0.1, -0.05) is 58.0 Å². The molecule has 0 spiro atoms. The van der Waals surface area contributed by atoms with E-state index in [9.17, 15) is 19.5 Å². The van der Waals surface area contributed by atoms with Gasteiger partial charge in [0.05, 0.1) is 12.0 Å². The molecule has 0 aliphatic heterocycles. The lowest BCUT2D eigenvalue weighted by molar-refractivity contribution is -0.308. The second-order valence-corrected chi connectivity index (χ2v) is 7.40. The fourth-order valence-electron chi connectivity index (χ4n) is 2.57. The molecule has 0 bridgehead atoms. The summed E-state index contributed by atoms with van der Waals surface area (Å²) < 4.78 is 5.15. The van der Waals surface area contributed by atoms with E-state index in [0.29, 0.717) is 6.42 Å². The van der Waals surface area contributed by atoms with Crippen molar-refractivity contribution in [1.82, 2.24) is 10.6 Å². The van der Waals surface area contributed by atoms with Crippen molar-refractivity contribution in [2.75, 3.05) is 0 Å². The summed E-state index contributed by atoms with van der Waals surface area (Å²) in [5, 5.41) is 16.2. The molecule has 0 aliphatic rings. The summed E-state index contributed by atoms with van der Waals surface area (Å²) >= 11 is 0. The molecular weight excluding hydrogens is 348 g/mol. The summed E-state index contributed by atoms with van der Waals surface area (Å²) in [5.41, 5.74) is 0.825. The molecule has 2 atom stereocenters. The van der Waals surface area contributed by atoms with E-state index in [4.69, 9.17) is 4.74 Å². The van der Waals surface area contributed by atoms with Crippen LogP contribution in [0.3, 0.4) is 0 Å². The molecule has 0 unspecified atom stereocenters. The van der Waals surface area contributed by atoms with Crippen LogP contribution in [0.5, 0.6) is 0 Å². The second kappa shape index (κ2) is 11.2. The molecule has 0 saturated carbocycles. The Balaban J connectivity index is 2.68. The zero-order valence-electron chi connectivity index (χ0n) is 16.4. The summed E-state index contributed by atoms with van der Waals surface area (Å²) in [6.07, 6.45) is -0.122. The first-order valence-corrected chi connectivity index (χ1v) is 9.17. The number of aliphatic carboxylic acids is 1. The number of carbonyl (C=O) groups is 3. The molecular formula is C20H29N2O5-. The Morgan fingerprint density at radius 3 is 2.00 bits per heavy atom. The number of ether oxygens (including phenoxy) is 1. The summed E-state index contributed by atoms with van der Waals surface area (Å²) in [4.78, 5) is 35.8. The Labute approximate surface area is 160 Å². The van der Waals surface area contributed by atoms with E-state index in [0.717, 1.165) is 5.56 Å². The van der Waals surface area contributed by atoms with Crippen molar-refractivity contribution in [1.29, 1.82) is 0 Å². The predicted octanol–water partition coefficient (Wildman–Crippen LogP) is 1.61. The Hall–Kier alpha value is -2.57. The van der Waals surface area contributed by atoms with E-state index in [1.165, 1.54) is 0 Å². The van der Waals surface area contributed by atoms with Crippen LogP contribution >= 0.6 is 0 Å². The first kappa shape index (κ1) is 22.5. The molecule has 0 aliphatic carbocycles. The van der Waals surface area contributed by atoms with E-state index in [-0.39, 0.29) is 24.9 Å². The highest BCUT2D eigenvalue weighted by atomic mass is 16.5. The number of alkyl carbamates (subject to hydrolysis) is 1. The molecule has 7 nitrogen and oxygen atoms in total. The van der Waals surface area contributed by atoms with Crippen LogP contribution in [0.1, 0.15) is 46.1 Å². The fraction of sp³-hybridized carbons (Fsp3) is 0.550. The third-order valence-electron chi connectivity index (χ3n) is 3.84. The molecule has 7 heteroatoms. The topological polar surface area (TPSA) is 108 Å². The van der Waals surface area contributed by atoms with Crippen molar-refractivity contribution in [3.8, 4) is 0 Å². The fourth-order valence-corrected chi connectivity index (χ4v) is 2.57. The standard InChI is InChI=1S/C20H30N2O5/c1-13(2)10-16(18(23)21-17(19(24)25)11-14(3)4)22-20(26)27-12-15-8-6-5-7-9-15/h5-9,13-14,16-17H,10-12H2,1-4H3,(H,21,23)(H,22,26)(H,24,25)/p-1/t16-,17-/m0/s1. The summed E-state index contributed by atoms with van der Waals surface area (Å²) in [6, 6.07) is 7.18. The Morgan fingerprint density at radius 1 is 0.926 bits per heavy atom. The molecule has 150 valence electrons. The summed E-state index contributed by atoms with van der Waals surface area (Å²) in [6.45, 7) is 7.60. The van der Waals surface area contributed by atoms with Gasteiger partial charge >= 0.3 is 6.09 Å². The Morgan fingerprint density at radius 2 is 1.48 bits per heavy atom. The highest BCUT2D eigenvalue weighted by molar-refractivity contribution is 5.88. The largest absolute Gasteiger partial charge is 0.548 e. The number of carbonyl (C=O) groups excluding carboxylic acids is 3. The van der Waals surface area contributed by atoms with Gasteiger partial charge in [0.15, 0.2) is 0 Å². The van der Waals surface area contributed by atoms with Crippen LogP contribution in [-0.4, -0.2) is 30.1 Å². The van der Waals surface area contributed by atoms with Gasteiger partial charge in [-0.05, 0) is 30.2 Å². The van der Waals surface area contributed by atoms with Gasteiger partial charge in [0.1, 0.15) is 12.6 Å². The van der Waals surface area contributed by atoms with Crippen LogP contribution in [0.15, 0.2) is 30.3 Å². The van der Waals surface area contributed by atoms with Gasteiger partial charge in [0.2, 0.25) is 5.91 Å². The van der Waals surface area contributed by atoms with E-state index in [1.807, 2.05) is 58.0 Å². The molecule has 0 aromatic heterocycles. The number of carboxylic acids is 1. The van der Waals surface area contributed by atoms with Crippen LogP contribution in [0.4, 0.5) is 4.79 Å². The molecule has 1 aromatic rings. The molecule has 2 N–H and O–H groups in total. The van der Waals surface area contributed by atoms with Crippen molar-refractivity contribution in [3.05, 3.63) is 35.9 Å². The average molecular weight is 377 g/mol. The van der Waals surface area contributed by atoms with Gasteiger partial charge in [-0.2, -0.15) is 0 Å². The minimum absolute atomic E-state index is 0.0699. The molecule has 0 heterocycles. The maximum atomic E-state index is 12.5. The number of amides is 2. The summed E-state index contributed by atoms with van der Waals surface area (Å²) in [7, 11) is 0. The third-order valence-corrected chi connectivity index (χ3v) is 3.84. The zero-order valence-corrected chi connectivity index (χ0v) is 16.4. The number of rotatable bonds is 10. The maximum absolute atomic E-state index is 12.5. The van der Waals surface area contributed by atoms with E-state index < -0.39 is 30.1 Å². The number of carboxylic acid groups (broad SMARTS) is 1. The van der Waals surface area contributed by atoms with E-state index in [2.05, 4.69) is 10.6 Å². The monoisotopic (exact) mass is 377 g/mol. The molecule has 2 amide bonds.